The normalized spacial score (nSPS) is 20.9. The Morgan fingerprint density at radius 1 is 1.44 bits per heavy atom. The molecule has 100 valence electrons. The molecular weight excluding hydrogens is 252 g/mol. The van der Waals surface area contributed by atoms with Gasteiger partial charge in [0.25, 0.3) is 0 Å². The third-order valence-corrected chi connectivity index (χ3v) is 3.39. The predicted molar refractivity (Wildman–Crippen MR) is 71.8 cm³/mol. The van der Waals surface area contributed by atoms with E-state index in [9.17, 15) is 0 Å². The molecule has 0 saturated carbocycles. The van der Waals surface area contributed by atoms with Crippen LogP contribution < -0.4 is 5.32 Å². The Labute approximate surface area is 112 Å². The number of aliphatic hydroxyl groups excluding tert-OH is 1. The van der Waals surface area contributed by atoms with E-state index in [1.807, 2.05) is 0 Å². The van der Waals surface area contributed by atoms with E-state index in [0.717, 1.165) is 32.6 Å². The molecule has 0 radical (unpaired) electrons. The van der Waals surface area contributed by atoms with Crippen LogP contribution in [0.2, 0.25) is 5.02 Å². The van der Waals surface area contributed by atoms with Crippen LogP contribution >= 0.6 is 11.6 Å². The number of halogens is 1. The Balaban J connectivity index is 1.70. The second kappa shape index (κ2) is 6.87. The van der Waals surface area contributed by atoms with Gasteiger partial charge in [0.2, 0.25) is 5.95 Å². The molecule has 1 saturated heterocycles. The summed E-state index contributed by atoms with van der Waals surface area (Å²) in [5, 5.41) is 12.9. The minimum atomic E-state index is 0.296. The van der Waals surface area contributed by atoms with E-state index in [1.165, 1.54) is 6.42 Å². The molecule has 1 aliphatic heterocycles. The Kier molecular flexibility index (Phi) is 5.16. The van der Waals surface area contributed by atoms with Crippen LogP contribution in [0.1, 0.15) is 12.8 Å². The first-order valence-electron chi connectivity index (χ1n) is 6.32. The van der Waals surface area contributed by atoms with Crippen molar-refractivity contribution in [3.05, 3.63) is 17.4 Å². The number of anilines is 1. The molecule has 2 N–H and O–H groups in total. The molecule has 6 heteroatoms. The summed E-state index contributed by atoms with van der Waals surface area (Å²) in [6.07, 6.45) is 5.47. The molecule has 18 heavy (non-hydrogen) atoms. The van der Waals surface area contributed by atoms with E-state index in [-0.39, 0.29) is 0 Å². The number of nitrogens with zero attached hydrogens (tertiary/aromatic N) is 3. The molecule has 0 spiro atoms. The quantitative estimate of drug-likeness (QED) is 0.843. The molecule has 0 unspecified atom stereocenters. The molecule has 0 bridgehead atoms. The van der Waals surface area contributed by atoms with Gasteiger partial charge in [0.1, 0.15) is 0 Å². The zero-order chi connectivity index (χ0) is 12.8. The Morgan fingerprint density at radius 3 is 2.94 bits per heavy atom. The molecule has 2 heterocycles. The minimum absolute atomic E-state index is 0.296. The van der Waals surface area contributed by atoms with E-state index in [4.69, 9.17) is 16.7 Å². The summed E-state index contributed by atoms with van der Waals surface area (Å²) in [6, 6.07) is 0. The van der Waals surface area contributed by atoms with Crippen molar-refractivity contribution < 1.29 is 5.11 Å². The zero-order valence-electron chi connectivity index (χ0n) is 10.3. The van der Waals surface area contributed by atoms with Gasteiger partial charge in [-0.3, -0.25) is 0 Å². The highest BCUT2D eigenvalue weighted by Gasteiger charge is 2.18. The van der Waals surface area contributed by atoms with Gasteiger partial charge in [0.05, 0.1) is 17.4 Å². The standard InChI is InChI=1S/C12H19ClN4O/c13-11-6-15-12(16-7-11)14-3-5-17-4-1-2-10(8-17)9-18/h6-7,10,18H,1-5,8-9H2,(H,14,15,16)/t10-/m0/s1. The summed E-state index contributed by atoms with van der Waals surface area (Å²) in [4.78, 5) is 10.5. The van der Waals surface area contributed by atoms with Gasteiger partial charge in [-0.05, 0) is 25.3 Å². The molecule has 1 aromatic rings. The number of rotatable bonds is 5. The number of aromatic nitrogens is 2. The second-order valence-electron chi connectivity index (χ2n) is 4.64. The van der Waals surface area contributed by atoms with Crippen molar-refractivity contribution in [3.8, 4) is 0 Å². The Bertz CT molecular complexity index is 360. The largest absolute Gasteiger partial charge is 0.396 e. The van der Waals surface area contributed by atoms with Gasteiger partial charge in [0, 0.05) is 26.2 Å². The maximum atomic E-state index is 9.16. The van der Waals surface area contributed by atoms with Crippen LogP contribution in [0.25, 0.3) is 0 Å². The average molecular weight is 271 g/mol. The lowest BCUT2D eigenvalue weighted by Gasteiger charge is -2.31. The molecule has 0 aliphatic carbocycles. The van der Waals surface area contributed by atoms with Crippen molar-refractivity contribution in [2.24, 2.45) is 5.92 Å². The number of aliphatic hydroxyl groups is 1. The summed E-state index contributed by atoms with van der Waals surface area (Å²) in [7, 11) is 0. The van der Waals surface area contributed by atoms with Gasteiger partial charge >= 0.3 is 0 Å². The summed E-state index contributed by atoms with van der Waals surface area (Å²) >= 11 is 5.71. The number of nitrogens with one attached hydrogen (secondary N) is 1. The van der Waals surface area contributed by atoms with Gasteiger partial charge in [-0.2, -0.15) is 0 Å². The molecule has 1 aromatic heterocycles. The smallest absolute Gasteiger partial charge is 0.222 e. The fraction of sp³-hybridized carbons (Fsp3) is 0.667. The fourth-order valence-electron chi connectivity index (χ4n) is 2.23. The SMILES string of the molecule is OC[C@H]1CCCN(CCNc2ncc(Cl)cn2)C1. The first kappa shape index (κ1) is 13.5. The average Bonchev–Trinajstić information content (AvgIpc) is 2.41. The van der Waals surface area contributed by atoms with Crippen LogP contribution in [-0.2, 0) is 0 Å². The molecule has 5 nitrogen and oxygen atoms in total. The van der Waals surface area contributed by atoms with Gasteiger partial charge in [-0.15, -0.1) is 0 Å². The first-order valence-corrected chi connectivity index (χ1v) is 6.70. The van der Waals surface area contributed by atoms with Crippen LogP contribution in [-0.4, -0.2) is 52.8 Å². The van der Waals surface area contributed by atoms with Crippen molar-refractivity contribution in [3.63, 3.8) is 0 Å². The highest BCUT2D eigenvalue weighted by Crippen LogP contribution is 2.15. The van der Waals surface area contributed by atoms with Crippen LogP contribution in [0.5, 0.6) is 0 Å². The van der Waals surface area contributed by atoms with Crippen LogP contribution in [0.15, 0.2) is 12.4 Å². The van der Waals surface area contributed by atoms with Crippen molar-refractivity contribution in [1.29, 1.82) is 0 Å². The predicted octanol–water partition coefficient (Wildman–Crippen LogP) is 1.25. The molecule has 0 amide bonds. The second-order valence-corrected chi connectivity index (χ2v) is 5.08. The van der Waals surface area contributed by atoms with Gasteiger partial charge in [-0.25, -0.2) is 9.97 Å². The summed E-state index contributed by atoms with van der Waals surface area (Å²) in [5.41, 5.74) is 0. The lowest BCUT2D eigenvalue weighted by Crippen LogP contribution is -2.39. The minimum Gasteiger partial charge on any atom is -0.396 e. The third kappa shape index (κ3) is 4.08. The maximum Gasteiger partial charge on any atom is 0.222 e. The van der Waals surface area contributed by atoms with Crippen molar-refractivity contribution in [1.82, 2.24) is 14.9 Å². The van der Waals surface area contributed by atoms with Crippen molar-refractivity contribution in [2.45, 2.75) is 12.8 Å². The summed E-state index contributed by atoms with van der Waals surface area (Å²) in [6.45, 7) is 4.14. The van der Waals surface area contributed by atoms with E-state index in [0.29, 0.717) is 23.5 Å². The first-order chi connectivity index (χ1) is 8.78. The molecule has 1 atom stereocenters. The lowest BCUT2D eigenvalue weighted by atomic mass is 9.99. The highest BCUT2D eigenvalue weighted by atomic mass is 35.5. The monoisotopic (exact) mass is 270 g/mol. The van der Waals surface area contributed by atoms with E-state index < -0.39 is 0 Å². The molecule has 2 rings (SSSR count). The molecule has 1 fully saturated rings. The lowest BCUT2D eigenvalue weighted by molar-refractivity contribution is 0.123. The summed E-state index contributed by atoms with van der Waals surface area (Å²) in [5.74, 6) is 1.04. The topological polar surface area (TPSA) is 61.3 Å². The van der Waals surface area contributed by atoms with E-state index in [2.05, 4.69) is 20.2 Å². The summed E-state index contributed by atoms with van der Waals surface area (Å²) < 4.78 is 0. The van der Waals surface area contributed by atoms with Crippen molar-refractivity contribution >= 4 is 17.5 Å². The zero-order valence-corrected chi connectivity index (χ0v) is 11.1. The number of piperidine rings is 1. The van der Waals surface area contributed by atoms with Crippen molar-refractivity contribution in [2.75, 3.05) is 38.1 Å². The highest BCUT2D eigenvalue weighted by molar-refractivity contribution is 6.30. The fourth-order valence-corrected chi connectivity index (χ4v) is 2.33. The van der Waals surface area contributed by atoms with Gasteiger partial charge in [0.15, 0.2) is 0 Å². The molecule has 1 aliphatic rings. The third-order valence-electron chi connectivity index (χ3n) is 3.19. The molecule has 0 aromatic carbocycles. The maximum absolute atomic E-state index is 9.16. The van der Waals surface area contributed by atoms with Crippen LogP contribution in [0.4, 0.5) is 5.95 Å². The Morgan fingerprint density at radius 2 is 2.22 bits per heavy atom. The van der Waals surface area contributed by atoms with Gasteiger partial charge in [-0.1, -0.05) is 11.6 Å². The molecular formula is C12H19ClN4O. The van der Waals surface area contributed by atoms with Gasteiger partial charge < -0.3 is 15.3 Å². The van der Waals surface area contributed by atoms with E-state index >= 15 is 0 Å². The van der Waals surface area contributed by atoms with E-state index in [1.54, 1.807) is 12.4 Å². The number of likely N-dealkylation sites (tertiary alicyclic amines) is 1. The van der Waals surface area contributed by atoms with Crippen LogP contribution in [0, 0.1) is 5.92 Å². The van der Waals surface area contributed by atoms with Crippen LogP contribution in [0.3, 0.4) is 0 Å². The number of hydrogen-bond donors (Lipinski definition) is 2. The Hall–Kier alpha value is -0.910. The number of hydrogen-bond acceptors (Lipinski definition) is 5.